The normalized spacial score (nSPS) is 11.5. The fourth-order valence-electron chi connectivity index (χ4n) is 3.22. The number of sulfone groups is 1. The number of nitrogens with zero attached hydrogens (tertiary/aromatic N) is 2. The molecule has 1 aromatic heterocycles. The van der Waals surface area contributed by atoms with Crippen LogP contribution >= 0.6 is 11.6 Å². The van der Waals surface area contributed by atoms with E-state index in [9.17, 15) is 17.6 Å². The highest BCUT2D eigenvalue weighted by molar-refractivity contribution is 7.92. The Morgan fingerprint density at radius 2 is 1.75 bits per heavy atom. The van der Waals surface area contributed by atoms with Gasteiger partial charge in [-0.1, -0.05) is 18.0 Å². The van der Waals surface area contributed by atoms with Gasteiger partial charge in [0.05, 0.1) is 10.6 Å². The molecule has 170 valence electrons. The Bertz CT molecular complexity index is 1150. The van der Waals surface area contributed by atoms with E-state index in [0.29, 0.717) is 11.6 Å². The Morgan fingerprint density at radius 3 is 2.44 bits per heavy atom. The molecule has 6 nitrogen and oxygen atoms in total. The van der Waals surface area contributed by atoms with Crippen molar-refractivity contribution in [3.63, 3.8) is 0 Å². The molecule has 0 unspecified atom stereocenters. The average molecular weight is 478 g/mol. The highest BCUT2D eigenvalue weighted by atomic mass is 35.5. The SMILES string of the molecule is CN(CCCCCc1cc(-c2ccc(F)cc2)n[nH]1)C(=O)CS(=O)(=O)c1ccc(Cl)cc1. The maximum Gasteiger partial charge on any atom is 0.237 e. The molecule has 9 heteroatoms. The molecular weight excluding hydrogens is 453 g/mol. The summed E-state index contributed by atoms with van der Waals surface area (Å²) in [4.78, 5) is 13.9. The highest BCUT2D eigenvalue weighted by Gasteiger charge is 2.21. The molecule has 0 bridgehead atoms. The number of halogens is 2. The molecule has 2 aromatic carbocycles. The summed E-state index contributed by atoms with van der Waals surface area (Å²) in [5.41, 5.74) is 2.61. The van der Waals surface area contributed by atoms with Crippen molar-refractivity contribution in [3.8, 4) is 11.3 Å². The summed E-state index contributed by atoms with van der Waals surface area (Å²) in [7, 11) is -2.08. The number of hydrogen-bond donors (Lipinski definition) is 1. The number of hydrogen-bond acceptors (Lipinski definition) is 4. The summed E-state index contributed by atoms with van der Waals surface area (Å²) >= 11 is 5.79. The molecule has 3 rings (SSSR count). The molecule has 0 aliphatic heterocycles. The molecule has 0 aliphatic carbocycles. The second kappa shape index (κ2) is 10.7. The van der Waals surface area contributed by atoms with E-state index in [1.54, 1.807) is 19.2 Å². The van der Waals surface area contributed by atoms with Gasteiger partial charge >= 0.3 is 0 Å². The van der Waals surface area contributed by atoms with Gasteiger partial charge in [0, 0.05) is 29.9 Å². The second-order valence-electron chi connectivity index (χ2n) is 7.62. The van der Waals surface area contributed by atoms with Crippen LogP contribution in [-0.4, -0.2) is 48.8 Å². The zero-order valence-electron chi connectivity index (χ0n) is 17.7. The monoisotopic (exact) mass is 477 g/mol. The summed E-state index contributed by atoms with van der Waals surface area (Å²) < 4.78 is 37.8. The molecule has 1 amide bonds. The van der Waals surface area contributed by atoms with E-state index in [4.69, 9.17) is 11.6 Å². The summed E-state index contributed by atoms with van der Waals surface area (Å²) in [6, 6.07) is 13.9. The third kappa shape index (κ3) is 6.64. The van der Waals surface area contributed by atoms with Gasteiger partial charge in [0.1, 0.15) is 11.6 Å². The second-order valence-corrected chi connectivity index (χ2v) is 10.1. The van der Waals surface area contributed by atoms with Gasteiger partial charge < -0.3 is 4.90 Å². The summed E-state index contributed by atoms with van der Waals surface area (Å²) in [5, 5.41) is 7.70. The molecule has 0 fully saturated rings. The predicted molar refractivity (Wildman–Crippen MR) is 123 cm³/mol. The van der Waals surface area contributed by atoms with Gasteiger partial charge in [-0.05, 0) is 73.9 Å². The molecule has 0 atom stereocenters. The Balaban J connectivity index is 1.39. The first-order valence-electron chi connectivity index (χ1n) is 10.3. The zero-order chi connectivity index (χ0) is 23.1. The topological polar surface area (TPSA) is 83.1 Å². The van der Waals surface area contributed by atoms with Crippen LogP contribution in [-0.2, 0) is 21.1 Å². The number of aromatic amines is 1. The molecular formula is C23H25ClFN3O3S. The lowest BCUT2D eigenvalue weighted by Crippen LogP contribution is -2.33. The number of amides is 1. The van der Waals surface area contributed by atoms with Gasteiger partial charge in [-0.25, -0.2) is 12.8 Å². The van der Waals surface area contributed by atoms with Gasteiger partial charge in [0.25, 0.3) is 0 Å². The van der Waals surface area contributed by atoms with Gasteiger partial charge in [0.15, 0.2) is 9.84 Å². The zero-order valence-corrected chi connectivity index (χ0v) is 19.3. The Morgan fingerprint density at radius 1 is 1.06 bits per heavy atom. The minimum Gasteiger partial charge on any atom is -0.345 e. The number of aryl methyl sites for hydroxylation is 1. The Hall–Kier alpha value is -2.71. The van der Waals surface area contributed by atoms with Gasteiger partial charge in [-0.3, -0.25) is 9.89 Å². The number of H-pyrrole nitrogens is 1. The molecule has 32 heavy (non-hydrogen) atoms. The maximum atomic E-state index is 13.0. The first-order valence-corrected chi connectivity index (χ1v) is 12.3. The van der Waals surface area contributed by atoms with E-state index >= 15 is 0 Å². The van der Waals surface area contributed by atoms with Crippen molar-refractivity contribution < 1.29 is 17.6 Å². The van der Waals surface area contributed by atoms with Crippen molar-refractivity contribution in [2.24, 2.45) is 0 Å². The van der Waals surface area contributed by atoms with Crippen LogP contribution in [0.5, 0.6) is 0 Å². The van der Waals surface area contributed by atoms with Crippen LogP contribution in [0.1, 0.15) is 25.0 Å². The van der Waals surface area contributed by atoms with Crippen LogP contribution in [0.2, 0.25) is 5.02 Å². The van der Waals surface area contributed by atoms with Gasteiger partial charge in [0.2, 0.25) is 5.91 Å². The molecule has 1 N–H and O–H groups in total. The summed E-state index contributed by atoms with van der Waals surface area (Å²) in [6.45, 7) is 0.485. The van der Waals surface area contributed by atoms with Crippen molar-refractivity contribution in [2.75, 3.05) is 19.3 Å². The Kier molecular flexibility index (Phi) is 8.04. The minimum atomic E-state index is -3.70. The van der Waals surface area contributed by atoms with Crippen LogP contribution in [0.25, 0.3) is 11.3 Å². The molecule has 0 saturated carbocycles. The first-order chi connectivity index (χ1) is 15.2. The number of unbranched alkanes of at least 4 members (excludes halogenated alkanes) is 2. The van der Waals surface area contributed by atoms with Crippen molar-refractivity contribution >= 4 is 27.3 Å². The third-order valence-corrected chi connectivity index (χ3v) is 6.99. The van der Waals surface area contributed by atoms with Crippen molar-refractivity contribution in [2.45, 2.75) is 30.6 Å². The summed E-state index contributed by atoms with van der Waals surface area (Å²) in [6.07, 6.45) is 3.35. The van der Waals surface area contributed by atoms with Crippen molar-refractivity contribution in [3.05, 3.63) is 71.1 Å². The van der Waals surface area contributed by atoms with Crippen LogP contribution in [0.3, 0.4) is 0 Å². The van der Waals surface area contributed by atoms with Crippen molar-refractivity contribution in [1.29, 1.82) is 0 Å². The van der Waals surface area contributed by atoms with Crippen LogP contribution < -0.4 is 0 Å². The molecule has 0 spiro atoms. The fraction of sp³-hybridized carbons (Fsp3) is 0.304. The first kappa shape index (κ1) is 23.9. The lowest BCUT2D eigenvalue weighted by Gasteiger charge is -2.17. The number of nitrogens with one attached hydrogen (secondary N) is 1. The number of carbonyl (C=O) groups excluding carboxylic acids is 1. The van der Waals surface area contributed by atoms with E-state index in [1.165, 1.54) is 41.3 Å². The standard InChI is InChI=1S/C23H25ClFN3O3S/c1-28(23(29)16-32(30,31)21-12-8-18(24)9-13-21)14-4-2-3-5-20-15-22(27-26-20)17-6-10-19(25)11-7-17/h6-13,15H,2-5,14,16H2,1H3,(H,26,27). The molecule has 0 saturated heterocycles. The number of aromatic nitrogens is 2. The molecule has 0 radical (unpaired) electrons. The molecule has 1 heterocycles. The van der Waals surface area contributed by atoms with Gasteiger partial charge in [-0.2, -0.15) is 5.10 Å². The lowest BCUT2D eigenvalue weighted by atomic mass is 10.1. The molecule has 0 aliphatic rings. The van der Waals surface area contributed by atoms with Crippen LogP contribution in [0, 0.1) is 5.82 Å². The fourth-order valence-corrected chi connectivity index (χ4v) is 4.61. The average Bonchev–Trinajstić information content (AvgIpc) is 3.22. The van der Waals surface area contributed by atoms with Crippen LogP contribution in [0.4, 0.5) is 4.39 Å². The Labute approximate surface area is 192 Å². The number of rotatable bonds is 10. The quantitative estimate of drug-likeness (QED) is 0.435. The number of benzene rings is 2. The summed E-state index contributed by atoms with van der Waals surface area (Å²) in [5.74, 6) is -1.28. The minimum absolute atomic E-state index is 0.0863. The van der Waals surface area contributed by atoms with Crippen molar-refractivity contribution in [1.82, 2.24) is 15.1 Å². The van der Waals surface area contributed by atoms with E-state index < -0.39 is 21.5 Å². The van der Waals surface area contributed by atoms with E-state index in [1.807, 2.05) is 6.07 Å². The largest absolute Gasteiger partial charge is 0.345 e. The van der Waals surface area contributed by atoms with E-state index in [-0.39, 0.29) is 10.7 Å². The predicted octanol–water partition coefficient (Wildman–Crippen LogP) is 4.51. The third-order valence-electron chi connectivity index (χ3n) is 5.12. The van der Waals surface area contributed by atoms with E-state index in [0.717, 1.165) is 42.6 Å². The smallest absolute Gasteiger partial charge is 0.237 e. The van der Waals surface area contributed by atoms with Gasteiger partial charge in [-0.15, -0.1) is 0 Å². The molecule has 3 aromatic rings. The highest BCUT2D eigenvalue weighted by Crippen LogP contribution is 2.19. The number of carbonyl (C=O) groups is 1. The maximum absolute atomic E-state index is 13.0. The van der Waals surface area contributed by atoms with E-state index in [2.05, 4.69) is 10.2 Å². The lowest BCUT2D eigenvalue weighted by molar-refractivity contribution is -0.127. The van der Waals surface area contributed by atoms with Crippen LogP contribution in [0.15, 0.2) is 59.5 Å².